The van der Waals surface area contributed by atoms with Crippen molar-refractivity contribution in [2.45, 2.75) is 63.8 Å². The van der Waals surface area contributed by atoms with E-state index in [9.17, 15) is 9.59 Å². The number of nitrogens with zero attached hydrogens (tertiary/aromatic N) is 1. The highest BCUT2D eigenvalue weighted by Gasteiger charge is 2.40. The number of carboxylic acids is 1. The van der Waals surface area contributed by atoms with Gasteiger partial charge in [0, 0.05) is 22.7 Å². The molecule has 4 nitrogen and oxygen atoms in total. The lowest BCUT2D eigenvalue weighted by Gasteiger charge is -2.44. The number of rotatable bonds is 8. The SMILES string of the molecule is CCC(CSC(C)C)N1C(=O)C(CC(=O)O)CCC1c1ccc(Cl)cc1. The second kappa shape index (κ2) is 9.65. The van der Waals surface area contributed by atoms with Crippen molar-refractivity contribution in [3.8, 4) is 0 Å². The molecule has 26 heavy (non-hydrogen) atoms. The van der Waals surface area contributed by atoms with Gasteiger partial charge in [-0.2, -0.15) is 11.8 Å². The smallest absolute Gasteiger partial charge is 0.304 e. The predicted molar refractivity (Wildman–Crippen MR) is 108 cm³/mol. The largest absolute Gasteiger partial charge is 0.481 e. The Balaban J connectivity index is 2.31. The zero-order valence-electron chi connectivity index (χ0n) is 15.7. The number of carbonyl (C=O) groups excluding carboxylic acids is 1. The van der Waals surface area contributed by atoms with Gasteiger partial charge in [-0.25, -0.2) is 0 Å². The van der Waals surface area contributed by atoms with Crippen LogP contribution in [0.4, 0.5) is 0 Å². The van der Waals surface area contributed by atoms with Gasteiger partial charge in [0.2, 0.25) is 5.91 Å². The second-order valence-corrected chi connectivity index (χ2v) is 9.18. The third-order valence-electron chi connectivity index (χ3n) is 4.89. The number of aliphatic carboxylic acids is 1. The van der Waals surface area contributed by atoms with Gasteiger partial charge in [0.05, 0.1) is 12.5 Å². The monoisotopic (exact) mass is 397 g/mol. The molecule has 0 spiro atoms. The fourth-order valence-corrected chi connectivity index (χ4v) is 4.66. The summed E-state index contributed by atoms with van der Waals surface area (Å²) in [5, 5.41) is 10.3. The van der Waals surface area contributed by atoms with Crippen molar-refractivity contribution in [2.24, 2.45) is 5.92 Å². The summed E-state index contributed by atoms with van der Waals surface area (Å²) in [7, 11) is 0. The molecule has 1 aliphatic heterocycles. The predicted octanol–water partition coefficient (Wildman–Crippen LogP) is 5.01. The van der Waals surface area contributed by atoms with Crippen molar-refractivity contribution in [1.82, 2.24) is 4.90 Å². The Hall–Kier alpha value is -1.20. The van der Waals surface area contributed by atoms with E-state index in [0.717, 1.165) is 24.2 Å². The van der Waals surface area contributed by atoms with Crippen LogP contribution in [0.5, 0.6) is 0 Å². The molecule has 1 N–H and O–H groups in total. The first-order chi connectivity index (χ1) is 12.3. The van der Waals surface area contributed by atoms with Gasteiger partial charge in [0.25, 0.3) is 0 Å². The highest BCUT2D eigenvalue weighted by Crippen LogP contribution is 2.38. The molecule has 1 heterocycles. The molecule has 0 aliphatic carbocycles. The second-order valence-electron chi connectivity index (χ2n) is 7.13. The van der Waals surface area contributed by atoms with Crippen molar-refractivity contribution in [3.05, 3.63) is 34.9 Å². The van der Waals surface area contributed by atoms with Gasteiger partial charge in [-0.15, -0.1) is 0 Å². The molecule has 1 aromatic carbocycles. The van der Waals surface area contributed by atoms with Gasteiger partial charge >= 0.3 is 5.97 Å². The van der Waals surface area contributed by atoms with E-state index < -0.39 is 11.9 Å². The summed E-state index contributed by atoms with van der Waals surface area (Å²) in [5.41, 5.74) is 1.07. The van der Waals surface area contributed by atoms with E-state index in [0.29, 0.717) is 16.7 Å². The van der Waals surface area contributed by atoms with Crippen molar-refractivity contribution in [3.63, 3.8) is 0 Å². The van der Waals surface area contributed by atoms with Gasteiger partial charge in [-0.05, 0) is 42.2 Å². The minimum atomic E-state index is -0.905. The van der Waals surface area contributed by atoms with Crippen molar-refractivity contribution >= 4 is 35.2 Å². The Kier molecular flexibility index (Phi) is 7.84. The van der Waals surface area contributed by atoms with E-state index in [-0.39, 0.29) is 24.4 Å². The number of benzene rings is 1. The van der Waals surface area contributed by atoms with Crippen molar-refractivity contribution in [1.29, 1.82) is 0 Å². The van der Waals surface area contributed by atoms with E-state index in [2.05, 4.69) is 20.8 Å². The van der Waals surface area contributed by atoms with Gasteiger partial charge in [0.15, 0.2) is 0 Å². The Morgan fingerprint density at radius 2 is 1.96 bits per heavy atom. The van der Waals surface area contributed by atoms with Gasteiger partial charge in [0.1, 0.15) is 0 Å². The summed E-state index contributed by atoms with van der Waals surface area (Å²) in [5.74, 6) is -0.481. The number of carbonyl (C=O) groups is 2. The lowest BCUT2D eigenvalue weighted by molar-refractivity contribution is -0.150. The Morgan fingerprint density at radius 1 is 1.31 bits per heavy atom. The standard InChI is InChI=1S/C20H28ClNO3S/c1-4-17(12-26-13(2)3)22-18(14-5-8-16(21)9-6-14)10-7-15(20(22)25)11-19(23)24/h5-6,8-9,13,15,17-18H,4,7,10-12H2,1-3H3,(H,23,24). The minimum Gasteiger partial charge on any atom is -0.481 e. The number of hydrogen-bond acceptors (Lipinski definition) is 3. The van der Waals surface area contributed by atoms with Crippen LogP contribution >= 0.6 is 23.4 Å². The quantitative estimate of drug-likeness (QED) is 0.669. The first-order valence-corrected chi connectivity index (χ1v) is 10.7. The molecule has 144 valence electrons. The van der Waals surface area contributed by atoms with Crippen LogP contribution in [0, 0.1) is 5.92 Å². The molecule has 1 fully saturated rings. The number of halogens is 1. The van der Waals surface area contributed by atoms with Crippen LogP contribution in [-0.2, 0) is 9.59 Å². The highest BCUT2D eigenvalue weighted by atomic mass is 35.5. The van der Waals surface area contributed by atoms with E-state index in [1.165, 1.54) is 0 Å². The van der Waals surface area contributed by atoms with Crippen LogP contribution in [0.3, 0.4) is 0 Å². The third-order valence-corrected chi connectivity index (χ3v) is 6.39. The third kappa shape index (κ3) is 5.40. The molecule has 0 aromatic heterocycles. The molecular formula is C20H28ClNO3S. The lowest BCUT2D eigenvalue weighted by Crippen LogP contribution is -2.50. The van der Waals surface area contributed by atoms with Crippen molar-refractivity contribution in [2.75, 3.05) is 5.75 Å². The molecule has 3 unspecified atom stereocenters. The maximum absolute atomic E-state index is 13.2. The summed E-state index contributed by atoms with van der Waals surface area (Å²) in [6.45, 7) is 6.40. The average molecular weight is 398 g/mol. The molecular weight excluding hydrogens is 370 g/mol. The van der Waals surface area contributed by atoms with Crippen LogP contribution in [-0.4, -0.2) is 38.9 Å². The molecule has 1 amide bonds. The van der Waals surface area contributed by atoms with E-state index in [4.69, 9.17) is 16.7 Å². The number of likely N-dealkylation sites (tertiary alicyclic amines) is 1. The summed E-state index contributed by atoms with van der Waals surface area (Å²) in [6, 6.07) is 7.76. The molecule has 1 aliphatic rings. The molecule has 0 saturated carbocycles. The zero-order valence-corrected chi connectivity index (χ0v) is 17.2. The van der Waals surface area contributed by atoms with Crippen LogP contribution in [0.15, 0.2) is 24.3 Å². The summed E-state index contributed by atoms with van der Waals surface area (Å²) in [6.07, 6.45) is 2.17. The van der Waals surface area contributed by atoms with Crippen LogP contribution in [0.25, 0.3) is 0 Å². The van der Waals surface area contributed by atoms with Crippen LogP contribution in [0.1, 0.15) is 58.1 Å². The first kappa shape index (κ1) is 21.1. The molecule has 0 radical (unpaired) electrons. The molecule has 3 atom stereocenters. The number of carboxylic acid groups (broad SMARTS) is 1. The Morgan fingerprint density at radius 3 is 2.50 bits per heavy atom. The fourth-order valence-electron chi connectivity index (χ4n) is 3.53. The fraction of sp³-hybridized carbons (Fsp3) is 0.600. The molecule has 2 rings (SSSR count). The maximum atomic E-state index is 13.2. The minimum absolute atomic E-state index is 0.0116. The number of piperidine rings is 1. The van der Waals surface area contributed by atoms with E-state index >= 15 is 0 Å². The van der Waals surface area contributed by atoms with Gasteiger partial charge < -0.3 is 10.0 Å². The Labute approximate surface area is 165 Å². The highest BCUT2D eigenvalue weighted by molar-refractivity contribution is 7.99. The summed E-state index contributed by atoms with van der Waals surface area (Å²) >= 11 is 7.86. The van der Waals surface area contributed by atoms with Gasteiger partial charge in [-0.3, -0.25) is 9.59 Å². The first-order valence-electron chi connectivity index (χ1n) is 9.24. The van der Waals surface area contributed by atoms with E-state index in [1.54, 1.807) is 0 Å². The number of thioether (sulfide) groups is 1. The number of hydrogen-bond donors (Lipinski definition) is 1. The van der Waals surface area contributed by atoms with Crippen LogP contribution in [0.2, 0.25) is 5.02 Å². The molecule has 1 aromatic rings. The average Bonchev–Trinajstić information content (AvgIpc) is 2.58. The van der Waals surface area contributed by atoms with Gasteiger partial charge in [-0.1, -0.05) is 44.5 Å². The molecule has 1 saturated heterocycles. The Bertz CT molecular complexity index is 620. The zero-order chi connectivity index (χ0) is 19.3. The van der Waals surface area contributed by atoms with Crippen LogP contribution < -0.4 is 0 Å². The maximum Gasteiger partial charge on any atom is 0.304 e. The molecule has 6 heteroatoms. The normalized spacial score (nSPS) is 21.9. The topological polar surface area (TPSA) is 57.6 Å². The molecule has 0 bridgehead atoms. The summed E-state index contributed by atoms with van der Waals surface area (Å²) < 4.78 is 0. The summed E-state index contributed by atoms with van der Waals surface area (Å²) in [4.78, 5) is 26.3. The van der Waals surface area contributed by atoms with Crippen molar-refractivity contribution < 1.29 is 14.7 Å². The lowest BCUT2D eigenvalue weighted by atomic mass is 9.85. The number of amides is 1. The van der Waals surface area contributed by atoms with E-state index in [1.807, 2.05) is 40.9 Å².